The average Bonchev–Trinajstić information content (AvgIpc) is 2.80. The van der Waals surface area contributed by atoms with Crippen LogP contribution in [-0.2, 0) is 10.0 Å². The molecule has 1 aromatic heterocycles. The maximum absolute atomic E-state index is 12.6. The van der Waals surface area contributed by atoms with Gasteiger partial charge in [0.25, 0.3) is 0 Å². The molecule has 10 heteroatoms. The molecule has 0 atom stereocenters. The normalized spacial score (nSPS) is 20.2. The van der Waals surface area contributed by atoms with Crippen LogP contribution in [-0.4, -0.2) is 74.2 Å². The lowest BCUT2D eigenvalue weighted by Crippen LogP contribution is -2.35. The summed E-state index contributed by atoms with van der Waals surface area (Å²) in [5, 5.41) is 12.8. The van der Waals surface area contributed by atoms with Gasteiger partial charge in [0.15, 0.2) is 5.82 Å². The Labute approximate surface area is 171 Å². The molecule has 1 fully saturated rings. The van der Waals surface area contributed by atoms with E-state index in [0.717, 1.165) is 37.3 Å². The molecule has 1 aromatic carbocycles. The SMILES string of the molecule is CN1CCN(C)S(=O)(=O)c2cnc(Nc3ccc(N4CCC(O)CC4)cc3)nc21. The van der Waals surface area contributed by atoms with Gasteiger partial charge < -0.3 is 20.2 Å². The summed E-state index contributed by atoms with van der Waals surface area (Å²) in [5.74, 6) is 0.750. The van der Waals surface area contributed by atoms with E-state index in [-0.39, 0.29) is 11.0 Å². The third-order valence-electron chi connectivity index (χ3n) is 5.49. The molecule has 0 spiro atoms. The van der Waals surface area contributed by atoms with Gasteiger partial charge in [0.05, 0.1) is 12.3 Å². The van der Waals surface area contributed by atoms with E-state index in [1.54, 1.807) is 7.05 Å². The number of nitrogens with zero attached hydrogens (tertiary/aromatic N) is 5. The van der Waals surface area contributed by atoms with Crippen molar-refractivity contribution >= 4 is 33.2 Å². The third-order valence-corrected chi connectivity index (χ3v) is 7.34. The molecule has 0 amide bonds. The second-order valence-electron chi connectivity index (χ2n) is 7.52. The molecule has 4 rings (SSSR count). The largest absolute Gasteiger partial charge is 0.393 e. The molecule has 2 aliphatic rings. The second-order valence-corrected chi connectivity index (χ2v) is 9.53. The molecule has 0 bridgehead atoms. The summed E-state index contributed by atoms with van der Waals surface area (Å²) in [6, 6.07) is 7.94. The number of rotatable bonds is 3. The Morgan fingerprint density at radius 2 is 1.76 bits per heavy atom. The molecule has 3 heterocycles. The van der Waals surface area contributed by atoms with Gasteiger partial charge in [-0.3, -0.25) is 0 Å². The molecule has 0 saturated carbocycles. The molecule has 2 N–H and O–H groups in total. The van der Waals surface area contributed by atoms with Crippen LogP contribution in [0.15, 0.2) is 35.4 Å². The number of anilines is 4. The molecule has 0 radical (unpaired) electrons. The van der Waals surface area contributed by atoms with E-state index in [1.165, 1.54) is 10.5 Å². The number of aliphatic hydroxyl groups excluding tert-OH is 1. The fourth-order valence-corrected chi connectivity index (χ4v) is 4.85. The first-order valence-corrected chi connectivity index (χ1v) is 11.1. The van der Waals surface area contributed by atoms with Gasteiger partial charge in [0.1, 0.15) is 4.90 Å². The van der Waals surface area contributed by atoms with Crippen LogP contribution in [0.2, 0.25) is 0 Å². The lowest BCUT2D eigenvalue weighted by Gasteiger charge is -2.31. The zero-order valence-electron chi connectivity index (χ0n) is 16.6. The van der Waals surface area contributed by atoms with Gasteiger partial charge in [-0.2, -0.15) is 9.29 Å². The second kappa shape index (κ2) is 7.77. The zero-order valence-corrected chi connectivity index (χ0v) is 17.4. The predicted octanol–water partition coefficient (Wildman–Crippen LogP) is 1.25. The molecular formula is C19H26N6O3S. The van der Waals surface area contributed by atoms with E-state index < -0.39 is 10.0 Å². The van der Waals surface area contributed by atoms with E-state index in [0.29, 0.717) is 24.9 Å². The number of aromatic nitrogens is 2. The number of aliphatic hydroxyl groups is 1. The molecule has 156 valence electrons. The van der Waals surface area contributed by atoms with E-state index in [4.69, 9.17) is 0 Å². The summed E-state index contributed by atoms with van der Waals surface area (Å²) in [5.41, 5.74) is 1.93. The summed E-state index contributed by atoms with van der Waals surface area (Å²) in [6.07, 6.45) is 2.74. The van der Waals surface area contributed by atoms with Crippen LogP contribution in [0.25, 0.3) is 0 Å². The smallest absolute Gasteiger partial charge is 0.248 e. The van der Waals surface area contributed by atoms with Crippen LogP contribution < -0.4 is 15.1 Å². The highest BCUT2D eigenvalue weighted by molar-refractivity contribution is 7.89. The third kappa shape index (κ3) is 4.00. The van der Waals surface area contributed by atoms with E-state index in [9.17, 15) is 13.5 Å². The number of hydrogen-bond acceptors (Lipinski definition) is 8. The Balaban J connectivity index is 1.53. The molecular weight excluding hydrogens is 392 g/mol. The summed E-state index contributed by atoms with van der Waals surface area (Å²) < 4.78 is 26.6. The summed E-state index contributed by atoms with van der Waals surface area (Å²) in [4.78, 5) is 12.9. The summed E-state index contributed by atoms with van der Waals surface area (Å²) in [7, 11) is -0.194. The van der Waals surface area contributed by atoms with Crippen LogP contribution in [0.3, 0.4) is 0 Å². The quantitative estimate of drug-likeness (QED) is 0.768. The van der Waals surface area contributed by atoms with Crippen molar-refractivity contribution in [2.75, 3.05) is 55.4 Å². The number of likely N-dealkylation sites (N-methyl/N-ethyl adjacent to an activating group) is 2. The van der Waals surface area contributed by atoms with Crippen molar-refractivity contribution in [3.05, 3.63) is 30.5 Å². The van der Waals surface area contributed by atoms with Crippen LogP contribution in [0.4, 0.5) is 23.1 Å². The lowest BCUT2D eigenvalue weighted by atomic mass is 10.1. The standard InChI is InChI=1S/C19H26N6O3S/c1-23-11-12-24(2)29(27,28)17-13-20-19(22-18(17)23)21-14-3-5-15(6-4-14)25-9-7-16(26)8-10-25/h3-6,13,16,26H,7-12H2,1-2H3,(H,20,21,22). The molecule has 1 saturated heterocycles. The van der Waals surface area contributed by atoms with Crippen molar-refractivity contribution in [1.82, 2.24) is 14.3 Å². The van der Waals surface area contributed by atoms with Crippen molar-refractivity contribution < 1.29 is 13.5 Å². The topological polar surface area (TPSA) is 102 Å². The van der Waals surface area contributed by atoms with Crippen molar-refractivity contribution in [2.24, 2.45) is 0 Å². The van der Waals surface area contributed by atoms with Gasteiger partial charge >= 0.3 is 0 Å². The number of benzene rings is 1. The summed E-state index contributed by atoms with van der Waals surface area (Å²) in [6.45, 7) is 2.64. The number of fused-ring (bicyclic) bond motifs is 1. The first-order chi connectivity index (χ1) is 13.8. The van der Waals surface area contributed by atoms with Crippen LogP contribution in [0, 0.1) is 0 Å². The van der Waals surface area contributed by atoms with Crippen molar-refractivity contribution in [1.29, 1.82) is 0 Å². The summed E-state index contributed by atoms with van der Waals surface area (Å²) >= 11 is 0. The Morgan fingerprint density at radius 3 is 2.45 bits per heavy atom. The number of hydrogen-bond donors (Lipinski definition) is 2. The molecule has 9 nitrogen and oxygen atoms in total. The highest BCUT2D eigenvalue weighted by Gasteiger charge is 2.31. The van der Waals surface area contributed by atoms with E-state index in [2.05, 4.69) is 20.2 Å². The van der Waals surface area contributed by atoms with Crippen LogP contribution >= 0.6 is 0 Å². The van der Waals surface area contributed by atoms with Crippen LogP contribution in [0.5, 0.6) is 0 Å². The maximum Gasteiger partial charge on any atom is 0.248 e. The highest BCUT2D eigenvalue weighted by Crippen LogP contribution is 2.29. The predicted molar refractivity (Wildman–Crippen MR) is 112 cm³/mol. The Morgan fingerprint density at radius 1 is 1.07 bits per heavy atom. The Bertz CT molecular complexity index is 974. The minimum atomic E-state index is -3.59. The maximum atomic E-state index is 12.6. The number of piperidine rings is 1. The first-order valence-electron chi connectivity index (χ1n) is 9.69. The Hall–Kier alpha value is -2.43. The van der Waals surface area contributed by atoms with Gasteiger partial charge in [0.2, 0.25) is 16.0 Å². The fourth-order valence-electron chi connectivity index (χ4n) is 3.57. The zero-order chi connectivity index (χ0) is 20.6. The minimum absolute atomic E-state index is 0.119. The fraction of sp³-hybridized carbons (Fsp3) is 0.474. The van der Waals surface area contributed by atoms with Gasteiger partial charge in [0, 0.05) is 51.6 Å². The van der Waals surface area contributed by atoms with Crippen LogP contribution in [0.1, 0.15) is 12.8 Å². The van der Waals surface area contributed by atoms with Gasteiger partial charge in [-0.25, -0.2) is 13.4 Å². The highest BCUT2D eigenvalue weighted by atomic mass is 32.2. The monoisotopic (exact) mass is 418 g/mol. The first kappa shape index (κ1) is 19.9. The number of sulfonamides is 1. The van der Waals surface area contributed by atoms with E-state index in [1.807, 2.05) is 36.2 Å². The van der Waals surface area contributed by atoms with Gasteiger partial charge in [-0.05, 0) is 37.1 Å². The van der Waals surface area contributed by atoms with Gasteiger partial charge in [-0.1, -0.05) is 0 Å². The van der Waals surface area contributed by atoms with Gasteiger partial charge in [-0.15, -0.1) is 0 Å². The minimum Gasteiger partial charge on any atom is -0.393 e. The molecule has 29 heavy (non-hydrogen) atoms. The van der Waals surface area contributed by atoms with Crippen molar-refractivity contribution in [2.45, 2.75) is 23.8 Å². The molecule has 2 aromatic rings. The Kier molecular flexibility index (Phi) is 5.32. The lowest BCUT2D eigenvalue weighted by molar-refractivity contribution is 0.145. The van der Waals surface area contributed by atoms with Crippen molar-refractivity contribution in [3.8, 4) is 0 Å². The molecule has 0 aliphatic carbocycles. The number of nitrogens with one attached hydrogen (secondary N) is 1. The van der Waals surface area contributed by atoms with Crippen molar-refractivity contribution in [3.63, 3.8) is 0 Å². The molecule has 2 aliphatic heterocycles. The molecule has 0 unspecified atom stereocenters. The average molecular weight is 419 g/mol. The van der Waals surface area contributed by atoms with E-state index >= 15 is 0 Å².